The Morgan fingerprint density at radius 3 is 2.46 bits per heavy atom. The van der Waals surface area contributed by atoms with Gasteiger partial charge in [0.2, 0.25) is 5.91 Å². The van der Waals surface area contributed by atoms with Crippen molar-refractivity contribution < 1.29 is 14.3 Å². The molecule has 0 heterocycles. The number of nitrogens with one attached hydrogen (secondary N) is 2. The third-order valence-electron chi connectivity index (χ3n) is 3.53. The van der Waals surface area contributed by atoms with Gasteiger partial charge in [-0.05, 0) is 57.5 Å². The summed E-state index contributed by atoms with van der Waals surface area (Å²) in [6, 6.07) is 7.54. The highest BCUT2D eigenvalue weighted by molar-refractivity contribution is 8.77. The molecule has 0 radical (unpaired) electrons. The number of rotatable bonds is 13. The number of ether oxygens (including phenoxy) is 1. The summed E-state index contributed by atoms with van der Waals surface area (Å²) in [5, 5.41) is 7.21. The highest BCUT2D eigenvalue weighted by Gasteiger charge is 2.22. The van der Waals surface area contributed by atoms with E-state index >= 15 is 0 Å². The number of benzene rings is 1. The molecule has 6 nitrogen and oxygen atoms in total. The van der Waals surface area contributed by atoms with Gasteiger partial charge >= 0.3 is 0 Å². The Balaban J connectivity index is 2.45. The molecule has 1 rings (SSSR count). The minimum atomic E-state index is -0.132. The molecule has 0 fully saturated rings. The minimum Gasteiger partial charge on any atom is -0.492 e. The molecule has 0 saturated carbocycles. The van der Waals surface area contributed by atoms with Crippen LogP contribution in [-0.2, 0) is 9.59 Å². The predicted molar refractivity (Wildman–Crippen MR) is 120 cm³/mol. The van der Waals surface area contributed by atoms with Crippen molar-refractivity contribution in [3.8, 4) is 5.75 Å². The molecule has 0 aliphatic carbocycles. The molecular weight excluding hydrogens is 394 g/mol. The summed E-state index contributed by atoms with van der Waals surface area (Å²) in [6.07, 6.45) is 0.409. The van der Waals surface area contributed by atoms with Crippen molar-refractivity contribution in [3.05, 3.63) is 29.8 Å². The molecule has 1 amide bonds. The van der Waals surface area contributed by atoms with E-state index in [1.54, 1.807) is 28.5 Å². The maximum Gasteiger partial charge on any atom is 0.241 e. The molecule has 1 aromatic rings. The van der Waals surface area contributed by atoms with Crippen molar-refractivity contribution in [2.24, 2.45) is 5.10 Å². The topological polar surface area (TPSA) is 79.8 Å². The highest BCUT2D eigenvalue weighted by Crippen LogP contribution is 2.37. The third-order valence-corrected chi connectivity index (χ3v) is 6.89. The smallest absolute Gasteiger partial charge is 0.241 e. The first kappa shape index (κ1) is 24.5. The molecule has 2 N–H and O–H groups in total. The zero-order valence-electron chi connectivity index (χ0n) is 17.3. The molecule has 0 aliphatic rings. The normalized spacial score (nSPS) is 12.0. The molecule has 0 unspecified atom stereocenters. The standard InChI is InChI=1S/C20H31N3O3S2/c1-6-27-28-20(4,5)13-19(25)23-22-16(3)17-7-9-18(10-8-17)26-12-11-21-14-15(2)24/h7-10,21H,6,11-14H2,1-5H3,(H,23,25)/b22-16+. The zero-order valence-corrected chi connectivity index (χ0v) is 19.0. The van der Waals surface area contributed by atoms with E-state index in [1.807, 2.05) is 31.2 Å². The fraction of sp³-hybridized carbons (Fsp3) is 0.550. The van der Waals surface area contributed by atoms with Crippen LogP contribution in [-0.4, -0.2) is 47.6 Å². The Labute approximate surface area is 176 Å². The summed E-state index contributed by atoms with van der Waals surface area (Å²) in [5.74, 6) is 1.78. The summed E-state index contributed by atoms with van der Waals surface area (Å²) in [6.45, 7) is 11.1. The molecule has 1 aromatic carbocycles. The number of amides is 1. The van der Waals surface area contributed by atoms with E-state index < -0.39 is 0 Å². The first-order valence-electron chi connectivity index (χ1n) is 9.30. The van der Waals surface area contributed by atoms with E-state index in [0.717, 1.165) is 22.8 Å². The molecular formula is C20H31N3O3S2. The van der Waals surface area contributed by atoms with Gasteiger partial charge in [-0.25, -0.2) is 5.43 Å². The number of Topliss-reactive ketones (excluding diaryl/α,β-unsaturated/α-hetero) is 1. The van der Waals surface area contributed by atoms with Gasteiger partial charge in [-0.3, -0.25) is 9.59 Å². The van der Waals surface area contributed by atoms with Crippen LogP contribution in [0.5, 0.6) is 5.75 Å². The van der Waals surface area contributed by atoms with Crippen LogP contribution in [0.15, 0.2) is 29.4 Å². The second kappa shape index (κ2) is 12.9. The molecule has 0 saturated heterocycles. The number of hydrazone groups is 1. The largest absolute Gasteiger partial charge is 0.492 e. The van der Waals surface area contributed by atoms with Crippen LogP contribution in [0.1, 0.15) is 46.6 Å². The second-order valence-corrected chi connectivity index (χ2v) is 10.2. The van der Waals surface area contributed by atoms with Crippen molar-refractivity contribution in [3.63, 3.8) is 0 Å². The SMILES string of the molecule is CCSSC(C)(C)CC(=O)N/N=C(\C)c1ccc(OCCNCC(C)=O)cc1. The summed E-state index contributed by atoms with van der Waals surface area (Å²) in [4.78, 5) is 23.0. The van der Waals surface area contributed by atoms with Crippen molar-refractivity contribution in [2.75, 3.05) is 25.4 Å². The van der Waals surface area contributed by atoms with Crippen molar-refractivity contribution in [1.82, 2.24) is 10.7 Å². The lowest BCUT2D eigenvalue weighted by Crippen LogP contribution is -2.27. The molecule has 0 spiro atoms. The average Bonchev–Trinajstić information content (AvgIpc) is 2.64. The molecule has 156 valence electrons. The average molecular weight is 426 g/mol. The number of hydrogen-bond acceptors (Lipinski definition) is 7. The maximum atomic E-state index is 12.1. The quantitative estimate of drug-likeness (QED) is 0.217. The molecule has 0 aliphatic heterocycles. The molecule has 0 bridgehead atoms. The lowest BCUT2D eigenvalue weighted by molar-refractivity contribution is -0.121. The summed E-state index contributed by atoms with van der Waals surface area (Å²) >= 11 is 0. The number of carbonyl (C=O) groups excluding carboxylic acids is 2. The summed E-state index contributed by atoms with van der Waals surface area (Å²) < 4.78 is 5.49. The molecule has 0 aromatic heterocycles. The van der Waals surface area contributed by atoms with E-state index in [9.17, 15) is 9.59 Å². The van der Waals surface area contributed by atoms with Gasteiger partial charge in [-0.2, -0.15) is 5.10 Å². The van der Waals surface area contributed by atoms with E-state index in [2.05, 4.69) is 36.6 Å². The Kier molecular flexibility index (Phi) is 11.3. The van der Waals surface area contributed by atoms with Crippen LogP contribution in [0.3, 0.4) is 0 Å². The second-order valence-electron chi connectivity index (χ2n) is 6.91. The van der Waals surface area contributed by atoms with Crippen LogP contribution in [0.2, 0.25) is 0 Å². The molecule has 0 atom stereocenters. The Morgan fingerprint density at radius 2 is 1.86 bits per heavy atom. The highest BCUT2D eigenvalue weighted by atomic mass is 33.1. The van der Waals surface area contributed by atoms with Crippen molar-refractivity contribution in [1.29, 1.82) is 0 Å². The van der Waals surface area contributed by atoms with Crippen LogP contribution in [0.4, 0.5) is 0 Å². The van der Waals surface area contributed by atoms with Gasteiger partial charge < -0.3 is 10.1 Å². The third kappa shape index (κ3) is 10.7. The van der Waals surface area contributed by atoms with Crippen LogP contribution in [0.25, 0.3) is 0 Å². The van der Waals surface area contributed by atoms with E-state index in [-0.39, 0.29) is 16.4 Å². The van der Waals surface area contributed by atoms with Crippen LogP contribution >= 0.6 is 21.6 Å². The number of nitrogens with zero attached hydrogens (tertiary/aromatic N) is 1. The van der Waals surface area contributed by atoms with Gasteiger partial charge in [0.25, 0.3) is 0 Å². The van der Waals surface area contributed by atoms with Gasteiger partial charge in [0.15, 0.2) is 0 Å². The lowest BCUT2D eigenvalue weighted by Gasteiger charge is -2.21. The van der Waals surface area contributed by atoms with Gasteiger partial charge in [-0.15, -0.1) is 0 Å². The monoisotopic (exact) mass is 425 g/mol. The Hall–Kier alpha value is -1.51. The van der Waals surface area contributed by atoms with Gasteiger partial charge in [0.05, 0.1) is 12.3 Å². The van der Waals surface area contributed by atoms with E-state index in [4.69, 9.17) is 4.74 Å². The predicted octanol–water partition coefficient (Wildman–Crippen LogP) is 3.65. The first-order chi connectivity index (χ1) is 13.2. The van der Waals surface area contributed by atoms with Crippen LogP contribution in [0, 0.1) is 0 Å². The first-order valence-corrected chi connectivity index (χ1v) is 11.6. The maximum absolute atomic E-state index is 12.1. The molecule has 28 heavy (non-hydrogen) atoms. The van der Waals surface area contributed by atoms with Crippen molar-refractivity contribution in [2.45, 2.75) is 45.8 Å². The number of hydrogen-bond donors (Lipinski definition) is 2. The van der Waals surface area contributed by atoms with E-state index in [1.165, 1.54) is 0 Å². The Morgan fingerprint density at radius 1 is 1.18 bits per heavy atom. The van der Waals surface area contributed by atoms with Gasteiger partial charge in [-0.1, -0.05) is 28.5 Å². The lowest BCUT2D eigenvalue weighted by atomic mass is 10.1. The van der Waals surface area contributed by atoms with Gasteiger partial charge in [0.1, 0.15) is 18.1 Å². The fourth-order valence-electron chi connectivity index (χ4n) is 2.18. The number of ketones is 1. The fourth-order valence-corrected chi connectivity index (χ4v) is 4.30. The summed E-state index contributed by atoms with van der Waals surface area (Å²) in [7, 11) is 3.48. The Bertz CT molecular complexity index is 661. The number of carbonyl (C=O) groups is 2. The summed E-state index contributed by atoms with van der Waals surface area (Å²) in [5.41, 5.74) is 4.29. The molecule has 8 heteroatoms. The minimum absolute atomic E-state index is 0.0911. The van der Waals surface area contributed by atoms with Crippen molar-refractivity contribution >= 4 is 39.0 Å². The van der Waals surface area contributed by atoms with Crippen LogP contribution < -0.4 is 15.5 Å². The zero-order chi connectivity index (χ0) is 21.0. The van der Waals surface area contributed by atoms with E-state index in [0.29, 0.717) is 26.1 Å². The van der Waals surface area contributed by atoms with Gasteiger partial charge in [0, 0.05) is 23.5 Å².